The van der Waals surface area contributed by atoms with Crippen LogP contribution in [0.15, 0.2) is 46.8 Å². The van der Waals surface area contributed by atoms with Gasteiger partial charge in [-0.25, -0.2) is 9.97 Å². The Bertz CT molecular complexity index is 418. The van der Waals surface area contributed by atoms with Gasteiger partial charge in [-0.1, -0.05) is 6.07 Å². The summed E-state index contributed by atoms with van der Waals surface area (Å²) in [4.78, 5) is 12.2. The van der Waals surface area contributed by atoms with Crippen LogP contribution in [0.1, 0.15) is 0 Å². The first-order valence-corrected chi connectivity index (χ1v) is 4.82. The van der Waals surface area contributed by atoms with Crippen molar-refractivity contribution < 1.29 is 0 Å². The van der Waals surface area contributed by atoms with Crippen LogP contribution in [-0.2, 0) is 0 Å². The molecule has 2 aromatic heterocycles. The molecule has 2 heterocycles. The predicted molar refractivity (Wildman–Crippen MR) is 54.8 cm³/mol. The van der Waals surface area contributed by atoms with Gasteiger partial charge in [0.15, 0.2) is 0 Å². The van der Waals surface area contributed by atoms with Crippen molar-refractivity contribution >= 4 is 17.6 Å². The van der Waals surface area contributed by atoms with Crippen molar-refractivity contribution in [2.24, 2.45) is 0 Å². The molecule has 0 saturated heterocycles. The molecule has 2 rings (SSSR count). The molecule has 0 unspecified atom stereocenters. The Kier molecular flexibility index (Phi) is 2.60. The summed E-state index contributed by atoms with van der Waals surface area (Å²) >= 11 is 1.44. The molecule has 0 aliphatic heterocycles. The van der Waals surface area contributed by atoms with Gasteiger partial charge in [0.1, 0.15) is 15.9 Å². The van der Waals surface area contributed by atoms with Crippen LogP contribution in [0.2, 0.25) is 0 Å². The van der Waals surface area contributed by atoms with Crippen LogP contribution < -0.4 is 5.73 Å². The Hall–Kier alpha value is -1.62. The third kappa shape index (κ3) is 2.20. The van der Waals surface area contributed by atoms with E-state index in [1.807, 2.05) is 18.2 Å². The molecule has 0 bridgehead atoms. The summed E-state index contributed by atoms with van der Waals surface area (Å²) in [7, 11) is 0. The molecule has 14 heavy (non-hydrogen) atoms. The van der Waals surface area contributed by atoms with Crippen LogP contribution in [0.25, 0.3) is 0 Å². The molecule has 70 valence electrons. The number of nitrogens with zero attached hydrogens (tertiary/aromatic N) is 3. The lowest BCUT2D eigenvalue weighted by atomic mass is 10.5. The molecular weight excluding hydrogens is 196 g/mol. The van der Waals surface area contributed by atoms with Gasteiger partial charge in [0.25, 0.3) is 0 Å². The second-order valence-corrected chi connectivity index (χ2v) is 3.59. The van der Waals surface area contributed by atoms with Gasteiger partial charge < -0.3 is 5.73 Å². The number of aromatic nitrogens is 3. The minimum Gasteiger partial charge on any atom is -0.382 e. The molecule has 0 amide bonds. The van der Waals surface area contributed by atoms with Crippen molar-refractivity contribution in [1.82, 2.24) is 15.0 Å². The SMILES string of the molecule is Nc1cncc(Sc2ccccn2)n1. The second kappa shape index (κ2) is 4.06. The van der Waals surface area contributed by atoms with Crippen LogP contribution in [-0.4, -0.2) is 15.0 Å². The molecule has 0 radical (unpaired) electrons. The highest BCUT2D eigenvalue weighted by atomic mass is 32.2. The van der Waals surface area contributed by atoms with E-state index in [1.54, 1.807) is 12.4 Å². The molecule has 4 nitrogen and oxygen atoms in total. The lowest BCUT2D eigenvalue weighted by Crippen LogP contribution is -1.92. The Morgan fingerprint density at radius 1 is 1.14 bits per heavy atom. The zero-order valence-corrected chi connectivity index (χ0v) is 8.11. The van der Waals surface area contributed by atoms with Crippen LogP contribution >= 0.6 is 11.8 Å². The topological polar surface area (TPSA) is 64.7 Å². The van der Waals surface area contributed by atoms with Crippen molar-refractivity contribution in [3.05, 3.63) is 36.8 Å². The molecule has 2 N–H and O–H groups in total. The van der Waals surface area contributed by atoms with Gasteiger partial charge in [-0.2, -0.15) is 0 Å². The fraction of sp³-hybridized carbons (Fsp3) is 0. The minimum absolute atomic E-state index is 0.422. The van der Waals surface area contributed by atoms with Crippen LogP contribution in [0, 0.1) is 0 Å². The summed E-state index contributed by atoms with van der Waals surface area (Å²) in [5.74, 6) is 0.422. The van der Waals surface area contributed by atoms with Gasteiger partial charge in [-0.15, -0.1) is 0 Å². The first-order chi connectivity index (χ1) is 6.84. The first-order valence-electron chi connectivity index (χ1n) is 4.01. The van der Waals surface area contributed by atoms with Crippen molar-refractivity contribution in [1.29, 1.82) is 0 Å². The third-order valence-corrected chi connectivity index (χ3v) is 2.33. The first kappa shape index (κ1) is 8.96. The molecule has 0 spiro atoms. The van der Waals surface area contributed by atoms with Crippen molar-refractivity contribution in [3.63, 3.8) is 0 Å². The number of hydrogen-bond acceptors (Lipinski definition) is 5. The summed E-state index contributed by atoms with van der Waals surface area (Å²) in [6, 6.07) is 5.71. The lowest BCUT2D eigenvalue weighted by molar-refractivity contribution is 1.05. The molecule has 0 atom stereocenters. The number of anilines is 1. The minimum atomic E-state index is 0.422. The molecule has 0 aromatic carbocycles. The standard InChI is InChI=1S/C9H8N4S/c10-7-5-11-6-9(13-7)14-8-3-1-2-4-12-8/h1-6H,(H2,10,13). The Labute approximate surface area is 85.6 Å². The highest BCUT2D eigenvalue weighted by molar-refractivity contribution is 7.99. The Balaban J connectivity index is 2.19. The third-order valence-electron chi connectivity index (χ3n) is 1.48. The van der Waals surface area contributed by atoms with Gasteiger partial charge >= 0.3 is 0 Å². The van der Waals surface area contributed by atoms with E-state index in [0.29, 0.717) is 5.82 Å². The average Bonchev–Trinajstić information content (AvgIpc) is 2.19. The van der Waals surface area contributed by atoms with Crippen molar-refractivity contribution in [2.45, 2.75) is 10.1 Å². The van der Waals surface area contributed by atoms with Crippen molar-refractivity contribution in [3.8, 4) is 0 Å². The van der Waals surface area contributed by atoms with Gasteiger partial charge in [-0.05, 0) is 23.9 Å². The molecular formula is C9H8N4S. The maximum absolute atomic E-state index is 5.50. The lowest BCUT2D eigenvalue weighted by Gasteiger charge is -1.99. The summed E-state index contributed by atoms with van der Waals surface area (Å²) in [5, 5.41) is 1.64. The fourth-order valence-corrected chi connectivity index (χ4v) is 1.67. The normalized spacial score (nSPS) is 10.0. The van der Waals surface area contributed by atoms with Gasteiger partial charge in [-0.3, -0.25) is 4.98 Å². The highest BCUT2D eigenvalue weighted by Crippen LogP contribution is 2.22. The number of nitrogen functional groups attached to an aromatic ring is 1. The van der Waals surface area contributed by atoms with E-state index in [2.05, 4.69) is 15.0 Å². The van der Waals surface area contributed by atoms with E-state index in [4.69, 9.17) is 5.73 Å². The maximum Gasteiger partial charge on any atom is 0.143 e. The van der Waals surface area contributed by atoms with E-state index < -0.39 is 0 Å². The zero-order chi connectivity index (χ0) is 9.80. The maximum atomic E-state index is 5.50. The summed E-state index contributed by atoms with van der Waals surface area (Å²) < 4.78 is 0. The number of nitrogens with two attached hydrogens (primary N) is 1. The number of rotatable bonds is 2. The fourth-order valence-electron chi connectivity index (χ4n) is 0.926. The van der Waals surface area contributed by atoms with Crippen molar-refractivity contribution in [2.75, 3.05) is 5.73 Å². The largest absolute Gasteiger partial charge is 0.382 e. The summed E-state index contributed by atoms with van der Waals surface area (Å²) in [5.41, 5.74) is 5.50. The van der Waals surface area contributed by atoms with E-state index in [1.165, 1.54) is 18.0 Å². The molecule has 2 aromatic rings. The molecule has 0 fully saturated rings. The van der Waals surface area contributed by atoms with E-state index in [9.17, 15) is 0 Å². The van der Waals surface area contributed by atoms with Gasteiger partial charge in [0.2, 0.25) is 0 Å². The predicted octanol–water partition coefficient (Wildman–Crippen LogP) is 1.61. The molecule has 0 aliphatic carbocycles. The average molecular weight is 204 g/mol. The van der Waals surface area contributed by atoms with Crippen LogP contribution in [0.3, 0.4) is 0 Å². The summed E-state index contributed by atoms with van der Waals surface area (Å²) in [6.45, 7) is 0. The second-order valence-electron chi connectivity index (χ2n) is 2.55. The van der Waals surface area contributed by atoms with Gasteiger partial charge in [0, 0.05) is 6.20 Å². The highest BCUT2D eigenvalue weighted by Gasteiger charge is 1.99. The molecule has 0 aliphatic rings. The van der Waals surface area contributed by atoms with E-state index in [0.717, 1.165) is 10.1 Å². The molecule has 5 heteroatoms. The van der Waals surface area contributed by atoms with Crippen LogP contribution in [0.4, 0.5) is 5.82 Å². The smallest absolute Gasteiger partial charge is 0.143 e. The number of hydrogen-bond donors (Lipinski definition) is 1. The number of pyridine rings is 1. The Morgan fingerprint density at radius 3 is 2.79 bits per heavy atom. The summed E-state index contributed by atoms with van der Waals surface area (Å²) in [6.07, 6.45) is 4.92. The van der Waals surface area contributed by atoms with E-state index >= 15 is 0 Å². The quantitative estimate of drug-likeness (QED) is 0.805. The Morgan fingerprint density at radius 2 is 2.07 bits per heavy atom. The van der Waals surface area contributed by atoms with E-state index in [-0.39, 0.29) is 0 Å². The zero-order valence-electron chi connectivity index (χ0n) is 7.29. The molecule has 0 saturated carbocycles. The van der Waals surface area contributed by atoms with Gasteiger partial charge in [0.05, 0.1) is 12.4 Å². The van der Waals surface area contributed by atoms with Crippen LogP contribution in [0.5, 0.6) is 0 Å². The monoisotopic (exact) mass is 204 g/mol.